The van der Waals surface area contributed by atoms with Crippen LogP contribution >= 0.6 is 11.8 Å². The van der Waals surface area contributed by atoms with Crippen molar-refractivity contribution in [3.8, 4) is 28.7 Å². The number of nitrogens with zero attached hydrogens (tertiary/aromatic N) is 3. The summed E-state index contributed by atoms with van der Waals surface area (Å²) in [5.41, 5.74) is 0.966. The summed E-state index contributed by atoms with van der Waals surface area (Å²) in [6, 6.07) is 25.4. The van der Waals surface area contributed by atoms with Crippen molar-refractivity contribution in [1.82, 2.24) is 14.8 Å². The zero-order valence-corrected chi connectivity index (χ0v) is 18.5. The third-order valence-electron chi connectivity index (χ3n) is 5.44. The van der Waals surface area contributed by atoms with E-state index in [9.17, 15) is 0 Å². The lowest BCUT2D eigenvalue weighted by molar-refractivity contribution is 0.0835. The number of hydrogen-bond donors (Lipinski definition) is 0. The molecule has 166 valence electrons. The smallest absolute Gasteiger partial charge is 0.196 e. The maximum absolute atomic E-state index is 6.22. The van der Waals surface area contributed by atoms with E-state index in [1.54, 1.807) is 11.8 Å². The molecule has 7 nitrogen and oxygen atoms in total. The summed E-state index contributed by atoms with van der Waals surface area (Å²) in [5, 5.41) is 9.77. The number of fused-ring (bicyclic) bond motifs is 2. The maximum atomic E-state index is 6.22. The highest BCUT2D eigenvalue weighted by Crippen LogP contribution is 2.37. The van der Waals surface area contributed by atoms with Gasteiger partial charge in [-0.3, -0.25) is 4.57 Å². The second kappa shape index (κ2) is 8.71. The Labute approximate surface area is 195 Å². The van der Waals surface area contributed by atoms with Crippen LogP contribution in [0.5, 0.6) is 23.0 Å². The molecule has 8 heteroatoms. The van der Waals surface area contributed by atoms with Crippen molar-refractivity contribution in [1.29, 1.82) is 0 Å². The van der Waals surface area contributed by atoms with Crippen LogP contribution in [0.3, 0.4) is 0 Å². The predicted molar refractivity (Wildman–Crippen MR) is 124 cm³/mol. The summed E-state index contributed by atoms with van der Waals surface area (Å²) in [6.07, 6.45) is -0.460. The Bertz CT molecular complexity index is 1260. The standard InChI is InChI=1S/C25H21N3O4S/c1-2-8-17(9-3-1)28-24(23-15-30-20-11-5-7-13-22(20)32-23)26-27-25(28)33-16-18-14-29-19-10-4-6-12-21(19)31-18/h1-13,18,23H,14-16H2/t18-,23+/m1/s1. The molecule has 0 aliphatic carbocycles. The molecule has 0 spiro atoms. The largest absolute Gasteiger partial charge is 0.486 e. The van der Waals surface area contributed by atoms with Crippen molar-refractivity contribution in [3.05, 3.63) is 84.7 Å². The number of aromatic nitrogens is 3. The normalized spacial score (nSPS) is 18.7. The van der Waals surface area contributed by atoms with Gasteiger partial charge in [0, 0.05) is 11.4 Å². The lowest BCUT2D eigenvalue weighted by Crippen LogP contribution is -2.31. The zero-order valence-electron chi connectivity index (χ0n) is 17.7. The van der Waals surface area contributed by atoms with Gasteiger partial charge < -0.3 is 18.9 Å². The quantitative estimate of drug-likeness (QED) is 0.400. The van der Waals surface area contributed by atoms with E-state index in [2.05, 4.69) is 10.2 Å². The van der Waals surface area contributed by atoms with Crippen LogP contribution in [-0.4, -0.2) is 39.8 Å². The van der Waals surface area contributed by atoms with E-state index in [4.69, 9.17) is 18.9 Å². The molecule has 0 saturated heterocycles. The second-order valence-electron chi connectivity index (χ2n) is 7.68. The molecule has 0 bridgehead atoms. The molecule has 0 saturated carbocycles. The summed E-state index contributed by atoms with van der Waals surface area (Å²) >= 11 is 1.58. The van der Waals surface area contributed by atoms with Crippen molar-refractivity contribution in [2.24, 2.45) is 0 Å². The first-order chi connectivity index (χ1) is 16.3. The fourth-order valence-corrected chi connectivity index (χ4v) is 4.79. The molecule has 1 aromatic heterocycles. The van der Waals surface area contributed by atoms with Crippen LogP contribution in [-0.2, 0) is 0 Å². The van der Waals surface area contributed by atoms with Crippen LogP contribution in [0.15, 0.2) is 84.0 Å². The Kier molecular flexibility index (Phi) is 5.28. The number of ether oxygens (including phenoxy) is 4. The van der Waals surface area contributed by atoms with Gasteiger partial charge in [-0.25, -0.2) is 0 Å². The molecule has 0 radical (unpaired) electrons. The van der Waals surface area contributed by atoms with Gasteiger partial charge in [-0.2, -0.15) is 0 Å². The average Bonchev–Trinajstić information content (AvgIpc) is 3.31. The van der Waals surface area contributed by atoms with Crippen LogP contribution in [0.2, 0.25) is 0 Å². The van der Waals surface area contributed by atoms with E-state index < -0.39 is 0 Å². The predicted octanol–water partition coefficient (Wildman–Crippen LogP) is 4.71. The van der Waals surface area contributed by atoms with E-state index in [-0.39, 0.29) is 12.2 Å². The van der Waals surface area contributed by atoms with Gasteiger partial charge in [0.05, 0.1) is 0 Å². The molecule has 3 aromatic carbocycles. The topological polar surface area (TPSA) is 67.6 Å². The van der Waals surface area contributed by atoms with Gasteiger partial charge in [0.15, 0.2) is 40.1 Å². The van der Waals surface area contributed by atoms with Crippen molar-refractivity contribution in [2.45, 2.75) is 17.4 Å². The van der Waals surface area contributed by atoms with Gasteiger partial charge in [-0.15, -0.1) is 10.2 Å². The van der Waals surface area contributed by atoms with Crippen molar-refractivity contribution in [2.75, 3.05) is 19.0 Å². The van der Waals surface area contributed by atoms with Crippen molar-refractivity contribution in [3.63, 3.8) is 0 Å². The number of benzene rings is 3. The Hall–Kier alpha value is -3.65. The second-order valence-corrected chi connectivity index (χ2v) is 8.67. The van der Waals surface area contributed by atoms with Gasteiger partial charge in [-0.05, 0) is 36.4 Å². The highest BCUT2D eigenvalue weighted by molar-refractivity contribution is 7.99. The van der Waals surface area contributed by atoms with Gasteiger partial charge >= 0.3 is 0 Å². The molecular formula is C25H21N3O4S. The Morgan fingerprint density at radius 3 is 2.12 bits per heavy atom. The molecule has 2 atom stereocenters. The fourth-order valence-electron chi connectivity index (χ4n) is 3.86. The van der Waals surface area contributed by atoms with Crippen LogP contribution in [0, 0.1) is 0 Å². The maximum Gasteiger partial charge on any atom is 0.196 e. The molecule has 3 heterocycles. The average molecular weight is 460 g/mol. The minimum absolute atomic E-state index is 0.0876. The Morgan fingerprint density at radius 1 is 0.727 bits per heavy atom. The molecule has 0 amide bonds. The number of thioether (sulfide) groups is 1. The van der Waals surface area contributed by atoms with E-state index in [1.165, 1.54) is 0 Å². The fraction of sp³-hybridized carbons (Fsp3) is 0.200. The van der Waals surface area contributed by atoms with Crippen LogP contribution in [0.4, 0.5) is 0 Å². The minimum Gasteiger partial charge on any atom is -0.486 e. The number of hydrogen-bond acceptors (Lipinski definition) is 7. The summed E-state index contributed by atoms with van der Waals surface area (Å²) in [4.78, 5) is 0. The summed E-state index contributed by atoms with van der Waals surface area (Å²) in [7, 11) is 0. The molecule has 2 aliphatic rings. The lowest BCUT2D eigenvalue weighted by Gasteiger charge is -2.27. The van der Waals surface area contributed by atoms with Crippen LogP contribution in [0.25, 0.3) is 5.69 Å². The molecule has 4 aromatic rings. The first-order valence-corrected chi connectivity index (χ1v) is 11.7. The van der Waals surface area contributed by atoms with Crippen molar-refractivity contribution < 1.29 is 18.9 Å². The third-order valence-corrected chi connectivity index (χ3v) is 6.50. The number of para-hydroxylation sites is 5. The Morgan fingerprint density at radius 2 is 1.36 bits per heavy atom. The highest BCUT2D eigenvalue weighted by Gasteiger charge is 2.30. The van der Waals surface area contributed by atoms with Gasteiger partial charge in [0.25, 0.3) is 0 Å². The number of rotatable bonds is 5. The molecule has 0 unspecified atom stereocenters. The van der Waals surface area contributed by atoms with Gasteiger partial charge in [0.2, 0.25) is 0 Å². The monoisotopic (exact) mass is 459 g/mol. The molecule has 33 heavy (non-hydrogen) atoms. The van der Waals surface area contributed by atoms with E-state index in [0.29, 0.717) is 30.5 Å². The lowest BCUT2D eigenvalue weighted by atomic mass is 10.2. The van der Waals surface area contributed by atoms with Crippen LogP contribution < -0.4 is 18.9 Å². The summed E-state index contributed by atoms with van der Waals surface area (Å²) < 4.78 is 26.2. The molecular weight excluding hydrogens is 438 g/mol. The van der Waals surface area contributed by atoms with Gasteiger partial charge in [-0.1, -0.05) is 54.2 Å². The van der Waals surface area contributed by atoms with Gasteiger partial charge in [0.1, 0.15) is 19.3 Å². The molecule has 0 fully saturated rings. The van der Waals surface area contributed by atoms with Crippen molar-refractivity contribution >= 4 is 11.8 Å². The first-order valence-electron chi connectivity index (χ1n) is 10.8. The first kappa shape index (κ1) is 20.0. The Balaban J connectivity index is 1.26. The van der Waals surface area contributed by atoms with E-state index in [0.717, 1.165) is 28.1 Å². The summed E-state index contributed by atoms with van der Waals surface area (Å²) in [6.45, 7) is 0.857. The molecule has 6 rings (SSSR count). The van der Waals surface area contributed by atoms with E-state index >= 15 is 0 Å². The summed E-state index contributed by atoms with van der Waals surface area (Å²) in [5.74, 6) is 4.36. The third kappa shape index (κ3) is 3.98. The SMILES string of the molecule is c1ccc(-n2c(SC[C@H]3COc4ccccc4O3)nnc2[C@@H]2COc3ccccc3O2)cc1. The molecule has 0 N–H and O–H groups in total. The van der Waals surface area contributed by atoms with E-state index in [1.807, 2.05) is 83.4 Å². The minimum atomic E-state index is -0.372. The highest BCUT2D eigenvalue weighted by atomic mass is 32.2. The van der Waals surface area contributed by atoms with Crippen LogP contribution in [0.1, 0.15) is 11.9 Å². The zero-order chi connectivity index (χ0) is 22.0. The molecule has 2 aliphatic heterocycles.